The molecule has 0 aliphatic carbocycles. The van der Waals surface area contributed by atoms with E-state index in [1.807, 2.05) is 30.3 Å². The van der Waals surface area contributed by atoms with Crippen LogP contribution in [0.15, 0.2) is 54.6 Å². The summed E-state index contributed by atoms with van der Waals surface area (Å²) in [7, 11) is 0. The number of hydrogen-bond donors (Lipinski definition) is 1. The van der Waals surface area contributed by atoms with Gasteiger partial charge in [0.05, 0.1) is 11.3 Å². The van der Waals surface area contributed by atoms with Gasteiger partial charge >= 0.3 is 0 Å². The van der Waals surface area contributed by atoms with Gasteiger partial charge in [-0.05, 0) is 24.3 Å². The number of hydrogen-bond acceptors (Lipinski definition) is 6. The maximum Gasteiger partial charge on any atom is 0.269 e. The third kappa shape index (κ3) is 4.94. The molecule has 2 aromatic carbocycles. The van der Waals surface area contributed by atoms with Crippen molar-refractivity contribution in [2.75, 3.05) is 44.2 Å². The lowest BCUT2D eigenvalue weighted by Crippen LogP contribution is -2.59. The maximum atomic E-state index is 13.0. The quantitative estimate of drug-likeness (QED) is 0.541. The number of carbonyl (C=O) groups is 3. The van der Waals surface area contributed by atoms with Crippen molar-refractivity contribution in [3.8, 4) is 0 Å². The van der Waals surface area contributed by atoms with Crippen LogP contribution in [0.2, 0.25) is 0 Å². The first kappa shape index (κ1) is 22.3. The highest BCUT2D eigenvalue weighted by Gasteiger charge is 2.36. The molecule has 2 aromatic rings. The molecule has 0 aromatic heterocycles. The molecule has 2 fully saturated rings. The second kappa shape index (κ2) is 9.68. The Morgan fingerprint density at radius 3 is 2.27 bits per heavy atom. The highest BCUT2D eigenvalue weighted by Crippen LogP contribution is 2.20. The van der Waals surface area contributed by atoms with Gasteiger partial charge in [-0.1, -0.05) is 18.2 Å². The zero-order valence-electron chi connectivity index (χ0n) is 18.1. The summed E-state index contributed by atoms with van der Waals surface area (Å²) in [5.74, 6) is -0.967. The van der Waals surface area contributed by atoms with Crippen LogP contribution in [0, 0.1) is 10.1 Å². The predicted octanol–water partition coefficient (Wildman–Crippen LogP) is 1.27. The lowest BCUT2D eigenvalue weighted by Gasteiger charge is -2.38. The van der Waals surface area contributed by atoms with Crippen LogP contribution >= 0.6 is 0 Å². The monoisotopic (exact) mass is 451 g/mol. The summed E-state index contributed by atoms with van der Waals surface area (Å²) in [4.78, 5) is 54.3. The Morgan fingerprint density at radius 1 is 0.970 bits per heavy atom. The zero-order valence-corrected chi connectivity index (χ0v) is 18.1. The molecule has 10 heteroatoms. The molecule has 2 heterocycles. The van der Waals surface area contributed by atoms with Gasteiger partial charge in [-0.15, -0.1) is 0 Å². The Labute approximate surface area is 190 Å². The molecule has 10 nitrogen and oxygen atoms in total. The van der Waals surface area contributed by atoms with Gasteiger partial charge < -0.3 is 20.0 Å². The molecule has 172 valence electrons. The van der Waals surface area contributed by atoms with Crippen LogP contribution in [-0.2, 0) is 9.59 Å². The Morgan fingerprint density at radius 2 is 1.64 bits per heavy atom. The smallest absolute Gasteiger partial charge is 0.269 e. The van der Waals surface area contributed by atoms with Gasteiger partial charge in [-0.3, -0.25) is 24.5 Å². The van der Waals surface area contributed by atoms with Crippen LogP contribution in [0.4, 0.5) is 11.4 Å². The Hall–Kier alpha value is -3.95. The number of benzene rings is 2. The van der Waals surface area contributed by atoms with Crippen molar-refractivity contribution in [2.45, 2.75) is 12.5 Å². The summed E-state index contributed by atoms with van der Waals surface area (Å²) in [5.41, 5.74) is 1.23. The molecule has 0 spiro atoms. The number of piperazine rings is 2. The van der Waals surface area contributed by atoms with Crippen molar-refractivity contribution < 1.29 is 19.3 Å². The van der Waals surface area contributed by atoms with Crippen molar-refractivity contribution in [1.29, 1.82) is 0 Å². The van der Waals surface area contributed by atoms with Crippen molar-refractivity contribution in [2.24, 2.45) is 0 Å². The molecular weight excluding hydrogens is 426 g/mol. The summed E-state index contributed by atoms with van der Waals surface area (Å²) >= 11 is 0. The van der Waals surface area contributed by atoms with Crippen LogP contribution in [0.1, 0.15) is 16.8 Å². The van der Waals surface area contributed by atoms with Crippen LogP contribution < -0.4 is 10.2 Å². The predicted molar refractivity (Wildman–Crippen MR) is 121 cm³/mol. The molecule has 0 bridgehead atoms. The number of nitrogens with one attached hydrogen (secondary N) is 1. The molecule has 3 amide bonds. The highest BCUT2D eigenvalue weighted by atomic mass is 16.6. The average Bonchev–Trinajstić information content (AvgIpc) is 2.85. The number of para-hydroxylation sites is 1. The molecule has 1 atom stereocenters. The van der Waals surface area contributed by atoms with Crippen molar-refractivity contribution >= 4 is 29.1 Å². The molecule has 2 aliphatic heterocycles. The fraction of sp³-hybridized carbons (Fsp3) is 0.348. The fourth-order valence-electron chi connectivity index (χ4n) is 4.20. The van der Waals surface area contributed by atoms with Gasteiger partial charge in [0.1, 0.15) is 6.04 Å². The Balaban J connectivity index is 1.40. The van der Waals surface area contributed by atoms with Crippen molar-refractivity contribution in [1.82, 2.24) is 15.1 Å². The number of rotatable bonds is 5. The third-order valence-electron chi connectivity index (χ3n) is 6.04. The second-order valence-electron chi connectivity index (χ2n) is 8.02. The van der Waals surface area contributed by atoms with Gasteiger partial charge in [0, 0.05) is 62.7 Å². The molecule has 4 rings (SSSR count). The van der Waals surface area contributed by atoms with E-state index in [0.29, 0.717) is 26.2 Å². The minimum atomic E-state index is -0.916. The summed E-state index contributed by atoms with van der Waals surface area (Å²) in [6.07, 6.45) is -0.101. The second-order valence-corrected chi connectivity index (χ2v) is 8.02. The first-order valence-electron chi connectivity index (χ1n) is 10.8. The van der Waals surface area contributed by atoms with E-state index in [1.165, 1.54) is 29.2 Å². The number of anilines is 1. The Bertz CT molecular complexity index is 1030. The number of nitro benzene ring substituents is 1. The minimum Gasteiger partial charge on any atom is -0.368 e. The lowest BCUT2D eigenvalue weighted by molar-refractivity contribution is -0.384. The number of carbonyl (C=O) groups excluding carboxylic acids is 3. The van der Waals surface area contributed by atoms with Gasteiger partial charge in [0.15, 0.2) is 0 Å². The average molecular weight is 451 g/mol. The van der Waals surface area contributed by atoms with Crippen LogP contribution in [-0.4, -0.2) is 77.8 Å². The van der Waals surface area contributed by atoms with Crippen molar-refractivity contribution in [3.63, 3.8) is 0 Å². The first-order chi connectivity index (χ1) is 15.9. The number of nitrogens with zero attached hydrogens (tertiary/aromatic N) is 4. The van der Waals surface area contributed by atoms with Gasteiger partial charge in [0.2, 0.25) is 11.8 Å². The summed E-state index contributed by atoms with van der Waals surface area (Å²) in [6.45, 7) is 3.02. The summed E-state index contributed by atoms with van der Waals surface area (Å²) in [5, 5.41) is 13.6. The van der Waals surface area contributed by atoms with E-state index >= 15 is 0 Å². The van der Waals surface area contributed by atoms with E-state index in [-0.39, 0.29) is 42.6 Å². The molecule has 33 heavy (non-hydrogen) atoms. The number of non-ortho nitro benzene ring substituents is 1. The zero-order chi connectivity index (χ0) is 23.4. The normalized spacial score (nSPS) is 18.6. The van der Waals surface area contributed by atoms with Crippen LogP contribution in [0.3, 0.4) is 0 Å². The van der Waals surface area contributed by atoms with Crippen LogP contribution in [0.5, 0.6) is 0 Å². The third-order valence-corrected chi connectivity index (χ3v) is 6.04. The van der Waals surface area contributed by atoms with Gasteiger partial charge in [-0.2, -0.15) is 0 Å². The minimum absolute atomic E-state index is 0.101. The number of amides is 3. The molecule has 0 radical (unpaired) electrons. The van der Waals surface area contributed by atoms with Crippen molar-refractivity contribution in [3.05, 3.63) is 70.3 Å². The van der Waals surface area contributed by atoms with E-state index in [0.717, 1.165) is 5.69 Å². The highest BCUT2D eigenvalue weighted by molar-refractivity contribution is 5.99. The molecule has 2 saturated heterocycles. The summed E-state index contributed by atoms with van der Waals surface area (Å²) < 4.78 is 0. The molecular formula is C23H25N5O5. The van der Waals surface area contributed by atoms with Crippen LogP contribution in [0.25, 0.3) is 0 Å². The van der Waals surface area contributed by atoms with E-state index in [4.69, 9.17) is 0 Å². The topological polar surface area (TPSA) is 116 Å². The fourth-order valence-corrected chi connectivity index (χ4v) is 4.20. The Kier molecular flexibility index (Phi) is 6.53. The van der Waals surface area contributed by atoms with E-state index in [9.17, 15) is 24.5 Å². The molecule has 0 unspecified atom stereocenters. The largest absolute Gasteiger partial charge is 0.368 e. The standard InChI is InChI=1S/C23H25N5O5/c29-21(26-14-12-25(13-15-26)18-4-2-1-3-5-18)16-20-22(30)24-10-11-27(20)23(31)17-6-8-19(9-7-17)28(32)33/h1-9,20H,10-16H2,(H,24,30)/t20-/m1/s1. The molecule has 1 N–H and O–H groups in total. The molecule has 2 aliphatic rings. The van der Waals surface area contributed by atoms with Gasteiger partial charge in [-0.25, -0.2) is 0 Å². The molecule has 0 saturated carbocycles. The van der Waals surface area contributed by atoms with E-state index < -0.39 is 16.9 Å². The number of nitro groups is 1. The lowest BCUT2D eigenvalue weighted by atomic mass is 10.0. The maximum absolute atomic E-state index is 13.0. The SMILES string of the molecule is O=C1NCCN(C(=O)c2ccc([N+](=O)[O-])cc2)[C@@H]1CC(=O)N1CCN(c2ccccc2)CC1. The van der Waals surface area contributed by atoms with E-state index in [1.54, 1.807) is 4.90 Å². The van der Waals surface area contributed by atoms with E-state index in [2.05, 4.69) is 10.2 Å². The van der Waals surface area contributed by atoms with Gasteiger partial charge in [0.25, 0.3) is 11.6 Å². The summed E-state index contributed by atoms with van der Waals surface area (Å²) in [6, 6.07) is 14.3. The first-order valence-corrected chi connectivity index (χ1v) is 10.8.